The van der Waals surface area contributed by atoms with Crippen molar-refractivity contribution < 1.29 is 10.8 Å². The van der Waals surface area contributed by atoms with Crippen molar-refractivity contribution in [2.75, 3.05) is 0 Å². The zero-order valence-corrected chi connectivity index (χ0v) is 8.73. The normalized spacial score (nSPS) is 9.86. The van der Waals surface area contributed by atoms with Gasteiger partial charge < -0.3 is 0 Å². The highest BCUT2D eigenvalue weighted by Gasteiger charge is 2.17. The van der Waals surface area contributed by atoms with Gasteiger partial charge in [-0.1, -0.05) is 23.2 Å². The average molecular weight is 233 g/mol. The molecule has 0 aliphatic heterocycles. The van der Waals surface area contributed by atoms with Gasteiger partial charge in [-0.05, 0) is 12.1 Å². The van der Waals surface area contributed by atoms with E-state index in [0.29, 0.717) is 21.2 Å². The molecule has 0 spiro atoms. The van der Waals surface area contributed by atoms with E-state index in [1.165, 1.54) is 12.1 Å². The first kappa shape index (κ1) is 10.8. The van der Waals surface area contributed by atoms with Gasteiger partial charge in [-0.3, -0.25) is 22.3 Å². The minimum absolute atomic E-state index is 0.0898. The van der Waals surface area contributed by atoms with Crippen molar-refractivity contribution in [2.24, 2.45) is 11.5 Å². The lowest BCUT2D eigenvalue weighted by Gasteiger charge is -2.03. The quantitative estimate of drug-likeness (QED) is 0.348. The molecule has 0 aliphatic rings. The third-order valence-corrected chi connectivity index (χ3v) is 2.40. The Morgan fingerprint density at radius 3 is 1.43 bits per heavy atom. The standard InChI is InChI=1S/C8H8Cl2N4/c9-5-1-3(7(11)12)4(8(13)14)2-6(5)10/h1-2H,(H3,11,12)(H3,13,14)/p+2. The van der Waals surface area contributed by atoms with E-state index >= 15 is 0 Å². The van der Waals surface area contributed by atoms with Crippen LogP contribution < -0.4 is 22.3 Å². The van der Waals surface area contributed by atoms with E-state index in [0.717, 1.165) is 0 Å². The molecule has 6 heteroatoms. The van der Waals surface area contributed by atoms with Gasteiger partial charge in [0, 0.05) is 0 Å². The van der Waals surface area contributed by atoms with Gasteiger partial charge in [0.1, 0.15) is 0 Å². The number of rotatable bonds is 2. The molecule has 0 amide bonds. The molecule has 74 valence electrons. The van der Waals surface area contributed by atoms with Crippen molar-refractivity contribution in [1.29, 1.82) is 0 Å². The van der Waals surface area contributed by atoms with Gasteiger partial charge in [0.25, 0.3) is 11.7 Å². The van der Waals surface area contributed by atoms with Crippen LogP contribution in [0.5, 0.6) is 0 Å². The molecule has 8 N–H and O–H groups in total. The van der Waals surface area contributed by atoms with Crippen molar-refractivity contribution in [3.05, 3.63) is 33.3 Å². The highest BCUT2D eigenvalue weighted by atomic mass is 35.5. The lowest BCUT2D eigenvalue weighted by molar-refractivity contribution is -0.116. The van der Waals surface area contributed by atoms with Crippen molar-refractivity contribution in [3.8, 4) is 0 Å². The van der Waals surface area contributed by atoms with Gasteiger partial charge in [0.05, 0.1) is 21.2 Å². The van der Waals surface area contributed by atoms with Gasteiger partial charge in [0.15, 0.2) is 0 Å². The second kappa shape index (κ2) is 3.86. The Kier molecular flexibility index (Phi) is 2.98. The van der Waals surface area contributed by atoms with Crippen LogP contribution in [0.15, 0.2) is 12.1 Å². The van der Waals surface area contributed by atoms with Gasteiger partial charge in [-0.15, -0.1) is 0 Å². The summed E-state index contributed by atoms with van der Waals surface area (Å²) in [5, 5.41) is 11.6. The van der Waals surface area contributed by atoms with E-state index in [1.54, 1.807) is 0 Å². The monoisotopic (exact) mass is 232 g/mol. The molecule has 1 rings (SSSR count). The van der Waals surface area contributed by atoms with E-state index in [1.807, 2.05) is 0 Å². The van der Waals surface area contributed by atoms with Gasteiger partial charge in [-0.2, -0.15) is 0 Å². The molecule has 0 bridgehead atoms. The first-order chi connectivity index (χ1) is 6.43. The van der Waals surface area contributed by atoms with Crippen molar-refractivity contribution in [2.45, 2.75) is 0 Å². The summed E-state index contributed by atoms with van der Waals surface area (Å²) in [5.41, 5.74) is 11.9. The maximum atomic E-state index is 5.79. The minimum Gasteiger partial charge on any atom is -0.287 e. The summed E-state index contributed by atoms with van der Waals surface area (Å²) in [7, 11) is 0. The molecule has 0 saturated carbocycles. The fourth-order valence-corrected chi connectivity index (χ4v) is 1.35. The van der Waals surface area contributed by atoms with Crippen molar-refractivity contribution in [3.63, 3.8) is 0 Å². The molecule has 0 aliphatic carbocycles. The summed E-state index contributed by atoms with van der Waals surface area (Å²) in [6, 6.07) is 3.04. The molecule has 1 aromatic rings. The van der Waals surface area contributed by atoms with Gasteiger partial charge in [0.2, 0.25) is 0 Å². The Labute approximate surface area is 90.8 Å². The predicted molar refractivity (Wildman–Crippen MR) is 56.9 cm³/mol. The van der Waals surface area contributed by atoms with Crippen LogP contribution in [0.4, 0.5) is 0 Å². The van der Waals surface area contributed by atoms with Crippen LogP contribution in [0.2, 0.25) is 10.0 Å². The Balaban J connectivity index is 3.46. The topological polar surface area (TPSA) is 103 Å². The predicted octanol–water partition coefficient (Wildman–Crippen LogP) is -2.08. The van der Waals surface area contributed by atoms with Crippen LogP contribution in [0.25, 0.3) is 0 Å². The van der Waals surface area contributed by atoms with E-state index in [-0.39, 0.29) is 11.7 Å². The molecule has 4 nitrogen and oxygen atoms in total. The average Bonchev–Trinajstić information content (AvgIpc) is 2.08. The molecule has 0 aromatic heterocycles. The van der Waals surface area contributed by atoms with E-state index in [2.05, 4.69) is 0 Å². The Hall–Kier alpha value is -1.26. The van der Waals surface area contributed by atoms with E-state index in [4.69, 9.17) is 45.5 Å². The number of halogens is 2. The maximum absolute atomic E-state index is 5.79. The Morgan fingerprint density at radius 1 is 0.929 bits per heavy atom. The lowest BCUT2D eigenvalue weighted by Crippen LogP contribution is -2.50. The fraction of sp³-hybridized carbons (Fsp3) is 0. The number of amidine groups is 2. The number of hydrogen-bond donors (Lipinski definition) is 4. The summed E-state index contributed by atoms with van der Waals surface area (Å²) < 4.78 is 0. The summed E-state index contributed by atoms with van der Waals surface area (Å²) in [4.78, 5) is 0. The van der Waals surface area contributed by atoms with Gasteiger partial charge in [-0.25, -0.2) is 0 Å². The van der Waals surface area contributed by atoms with Crippen LogP contribution in [0, 0.1) is 0 Å². The Morgan fingerprint density at radius 2 is 1.21 bits per heavy atom. The summed E-state index contributed by atoms with van der Waals surface area (Å²) in [5.74, 6) is 0.180. The van der Waals surface area contributed by atoms with E-state index in [9.17, 15) is 0 Å². The van der Waals surface area contributed by atoms with Gasteiger partial charge >= 0.3 is 0 Å². The first-order valence-electron chi connectivity index (χ1n) is 3.69. The molecule has 0 unspecified atom stereocenters. The number of nitrogens with two attached hydrogens (primary N) is 4. The second-order valence-corrected chi connectivity index (χ2v) is 3.54. The number of benzene rings is 1. The molecule has 1 aromatic carbocycles. The summed E-state index contributed by atoms with van der Waals surface area (Å²) >= 11 is 11.6. The van der Waals surface area contributed by atoms with Crippen LogP contribution in [-0.4, -0.2) is 11.7 Å². The molecular formula is C8H10Cl2N4+2. The van der Waals surface area contributed by atoms with Crippen molar-refractivity contribution in [1.82, 2.24) is 0 Å². The third kappa shape index (κ3) is 1.97. The molecule has 0 atom stereocenters. The summed E-state index contributed by atoms with van der Waals surface area (Å²) in [6.45, 7) is 0. The fourth-order valence-electron chi connectivity index (χ4n) is 1.02. The zero-order valence-electron chi connectivity index (χ0n) is 7.22. The molecule has 0 heterocycles. The smallest absolute Gasteiger partial charge is 0.271 e. The highest BCUT2D eigenvalue weighted by Crippen LogP contribution is 2.24. The highest BCUT2D eigenvalue weighted by molar-refractivity contribution is 6.42. The Bertz CT molecular complexity index is 375. The summed E-state index contributed by atoms with van der Waals surface area (Å²) in [6.07, 6.45) is 0. The van der Waals surface area contributed by atoms with E-state index < -0.39 is 0 Å². The zero-order chi connectivity index (χ0) is 10.9. The van der Waals surface area contributed by atoms with Crippen LogP contribution in [0.1, 0.15) is 11.1 Å². The lowest BCUT2D eigenvalue weighted by atomic mass is 10.1. The first-order valence-corrected chi connectivity index (χ1v) is 4.44. The molecule has 0 radical (unpaired) electrons. The molecule has 14 heavy (non-hydrogen) atoms. The van der Waals surface area contributed by atoms with Crippen LogP contribution in [-0.2, 0) is 0 Å². The number of hydrogen-bond acceptors (Lipinski definition) is 0. The maximum Gasteiger partial charge on any atom is 0.271 e. The molecular weight excluding hydrogens is 223 g/mol. The largest absolute Gasteiger partial charge is 0.287 e. The minimum atomic E-state index is 0.0898. The molecule has 0 saturated heterocycles. The molecule has 0 fully saturated rings. The van der Waals surface area contributed by atoms with Crippen LogP contribution in [0.3, 0.4) is 0 Å². The third-order valence-electron chi connectivity index (χ3n) is 1.68. The SMILES string of the molecule is NC(=[NH2+])c1cc(Cl)c(Cl)cc1C(N)=[NH2+]. The van der Waals surface area contributed by atoms with Crippen molar-refractivity contribution >= 4 is 34.9 Å². The second-order valence-electron chi connectivity index (χ2n) is 2.72. The van der Waals surface area contributed by atoms with Crippen LogP contribution >= 0.6 is 23.2 Å².